The van der Waals surface area contributed by atoms with Crippen molar-refractivity contribution in [1.82, 2.24) is 9.47 Å². The molecule has 1 aromatic rings. The second-order valence-corrected chi connectivity index (χ2v) is 5.62. The second-order valence-electron chi connectivity index (χ2n) is 5.62. The van der Waals surface area contributed by atoms with Crippen molar-refractivity contribution >= 4 is 0 Å². The van der Waals surface area contributed by atoms with E-state index < -0.39 is 17.3 Å². The zero-order valence-corrected chi connectivity index (χ0v) is 11.7. The van der Waals surface area contributed by atoms with Gasteiger partial charge in [0.05, 0.1) is 0 Å². The van der Waals surface area contributed by atoms with Crippen molar-refractivity contribution in [3.05, 3.63) is 34.2 Å². The van der Waals surface area contributed by atoms with Crippen molar-refractivity contribution in [2.45, 2.75) is 39.0 Å². The minimum Gasteiger partial charge on any atom is -0.315 e. The molecule has 1 saturated heterocycles. The second kappa shape index (κ2) is 5.60. The van der Waals surface area contributed by atoms with Crippen LogP contribution in [0.3, 0.4) is 0 Å². The molecule has 0 bridgehead atoms. The van der Waals surface area contributed by atoms with Crippen molar-refractivity contribution < 1.29 is 13.2 Å². The van der Waals surface area contributed by atoms with E-state index >= 15 is 0 Å². The molecular formula is C14H19F3N2O. The Bertz CT molecular complexity index is 522. The molecule has 0 amide bonds. The maximum absolute atomic E-state index is 12.7. The molecule has 2 heterocycles. The number of pyridine rings is 1. The lowest BCUT2D eigenvalue weighted by Gasteiger charge is -2.20. The van der Waals surface area contributed by atoms with E-state index in [2.05, 4.69) is 18.7 Å². The normalized spacial score (nSPS) is 20.8. The lowest BCUT2D eigenvalue weighted by atomic mass is 10.1. The van der Waals surface area contributed by atoms with E-state index in [1.165, 1.54) is 16.8 Å². The molecule has 1 fully saturated rings. The van der Waals surface area contributed by atoms with Crippen LogP contribution in [0.2, 0.25) is 0 Å². The Morgan fingerprint density at radius 3 is 2.65 bits per heavy atom. The average molecular weight is 288 g/mol. The fourth-order valence-corrected chi connectivity index (χ4v) is 2.66. The minimum atomic E-state index is -4.58. The lowest BCUT2D eigenvalue weighted by molar-refractivity contribution is -0.139. The zero-order chi connectivity index (χ0) is 14.9. The fraction of sp³-hybridized carbons (Fsp3) is 0.643. The van der Waals surface area contributed by atoms with Crippen LogP contribution in [0.4, 0.5) is 13.2 Å². The van der Waals surface area contributed by atoms with Gasteiger partial charge in [-0.25, -0.2) is 0 Å². The summed E-state index contributed by atoms with van der Waals surface area (Å²) in [4.78, 5) is 14.1. The predicted molar refractivity (Wildman–Crippen MR) is 70.5 cm³/mol. The van der Waals surface area contributed by atoms with Crippen molar-refractivity contribution in [1.29, 1.82) is 0 Å². The zero-order valence-electron chi connectivity index (χ0n) is 11.7. The lowest BCUT2D eigenvalue weighted by Crippen LogP contribution is -2.32. The van der Waals surface area contributed by atoms with Gasteiger partial charge in [0.15, 0.2) is 0 Å². The summed E-state index contributed by atoms with van der Waals surface area (Å²) in [5.74, 6) is 0.235. The van der Waals surface area contributed by atoms with E-state index in [1.54, 1.807) is 0 Å². The quantitative estimate of drug-likeness (QED) is 0.854. The summed E-state index contributed by atoms with van der Waals surface area (Å²) in [6.07, 6.45) is -2.23. The van der Waals surface area contributed by atoms with Gasteiger partial charge in [-0.1, -0.05) is 0 Å². The van der Waals surface area contributed by atoms with Crippen molar-refractivity contribution in [3.63, 3.8) is 0 Å². The first-order valence-corrected chi connectivity index (χ1v) is 6.79. The molecule has 0 saturated carbocycles. The highest BCUT2D eigenvalue weighted by Gasteiger charge is 2.34. The molecular weight excluding hydrogens is 269 g/mol. The summed E-state index contributed by atoms with van der Waals surface area (Å²) >= 11 is 0. The molecule has 2 rings (SSSR count). The van der Waals surface area contributed by atoms with Crippen LogP contribution in [0.5, 0.6) is 0 Å². The van der Waals surface area contributed by atoms with E-state index in [-0.39, 0.29) is 5.92 Å². The van der Waals surface area contributed by atoms with Crippen LogP contribution in [0.25, 0.3) is 0 Å². The molecule has 0 N–H and O–H groups in total. The van der Waals surface area contributed by atoms with Crippen molar-refractivity contribution in [2.24, 2.45) is 5.92 Å². The summed E-state index contributed by atoms with van der Waals surface area (Å²) in [6.45, 7) is 6.32. The number of halogens is 3. The molecule has 0 aromatic carbocycles. The van der Waals surface area contributed by atoms with Gasteiger partial charge in [0.1, 0.15) is 5.56 Å². The van der Waals surface area contributed by atoms with Gasteiger partial charge in [-0.2, -0.15) is 13.2 Å². The molecule has 0 radical (unpaired) electrons. The maximum atomic E-state index is 12.7. The van der Waals surface area contributed by atoms with Crippen molar-refractivity contribution in [2.75, 3.05) is 13.1 Å². The highest BCUT2D eigenvalue weighted by molar-refractivity contribution is 5.14. The molecule has 112 valence electrons. The van der Waals surface area contributed by atoms with Gasteiger partial charge in [0.2, 0.25) is 0 Å². The van der Waals surface area contributed by atoms with Gasteiger partial charge >= 0.3 is 6.18 Å². The first-order valence-electron chi connectivity index (χ1n) is 6.79. The van der Waals surface area contributed by atoms with Crippen LogP contribution in [-0.4, -0.2) is 28.6 Å². The summed E-state index contributed by atoms with van der Waals surface area (Å²) < 4.78 is 39.3. The summed E-state index contributed by atoms with van der Waals surface area (Å²) in [7, 11) is 0. The Morgan fingerprint density at radius 1 is 1.40 bits per heavy atom. The Hall–Kier alpha value is -1.30. The number of hydrogen-bond donors (Lipinski definition) is 0. The minimum absolute atomic E-state index is 0.235. The molecule has 0 spiro atoms. The van der Waals surface area contributed by atoms with Crippen LogP contribution in [0.1, 0.15) is 25.8 Å². The molecule has 0 aliphatic carbocycles. The van der Waals surface area contributed by atoms with Crippen LogP contribution in [0, 0.1) is 5.92 Å². The van der Waals surface area contributed by atoms with Gasteiger partial charge in [0, 0.05) is 25.3 Å². The molecule has 1 atom stereocenters. The van der Waals surface area contributed by atoms with Gasteiger partial charge < -0.3 is 9.47 Å². The highest BCUT2D eigenvalue weighted by Crippen LogP contribution is 2.26. The molecule has 3 nitrogen and oxygen atoms in total. The van der Waals surface area contributed by atoms with Crippen LogP contribution in [-0.2, 0) is 12.7 Å². The van der Waals surface area contributed by atoms with Gasteiger partial charge in [-0.3, -0.25) is 4.79 Å². The number of aromatic nitrogens is 1. The molecule has 1 aliphatic heterocycles. The van der Waals surface area contributed by atoms with Crippen LogP contribution >= 0.6 is 0 Å². The first-order chi connectivity index (χ1) is 9.29. The van der Waals surface area contributed by atoms with E-state index in [4.69, 9.17) is 0 Å². The Balaban J connectivity index is 2.14. The summed E-state index contributed by atoms with van der Waals surface area (Å²) in [5, 5.41) is 0. The van der Waals surface area contributed by atoms with Crippen LogP contribution < -0.4 is 5.56 Å². The summed E-state index contributed by atoms with van der Waals surface area (Å²) in [5.41, 5.74) is -2.03. The van der Waals surface area contributed by atoms with Crippen molar-refractivity contribution in [3.8, 4) is 0 Å². The standard InChI is InChI=1S/C14H19F3N2O/c1-10(2)18-7-5-11(8-18)9-19-6-3-4-12(13(19)20)14(15,16)17/h3-4,6,10-11H,5,7-9H2,1-2H3/t11-/m1/s1. The van der Waals surface area contributed by atoms with E-state index in [1.807, 2.05) is 0 Å². The number of alkyl halides is 3. The molecule has 1 aliphatic rings. The molecule has 0 unspecified atom stereocenters. The van der Waals surface area contributed by atoms with Gasteiger partial charge in [-0.05, 0) is 44.9 Å². The van der Waals surface area contributed by atoms with Gasteiger partial charge in [0.25, 0.3) is 5.56 Å². The largest absolute Gasteiger partial charge is 0.421 e. The number of nitrogens with zero attached hydrogens (tertiary/aromatic N) is 2. The smallest absolute Gasteiger partial charge is 0.315 e. The third kappa shape index (κ3) is 3.23. The number of hydrogen-bond acceptors (Lipinski definition) is 2. The Kier molecular flexibility index (Phi) is 4.22. The molecule has 1 aromatic heterocycles. The van der Waals surface area contributed by atoms with E-state index in [9.17, 15) is 18.0 Å². The van der Waals surface area contributed by atoms with E-state index in [0.29, 0.717) is 12.6 Å². The SMILES string of the molecule is CC(C)N1CC[C@@H](Cn2cccc(C(F)(F)F)c2=O)C1. The van der Waals surface area contributed by atoms with Crippen LogP contribution in [0.15, 0.2) is 23.1 Å². The summed E-state index contributed by atoms with van der Waals surface area (Å²) in [6, 6.07) is 2.56. The predicted octanol–water partition coefficient (Wildman–Crippen LogP) is 2.60. The monoisotopic (exact) mass is 288 g/mol. The molecule has 20 heavy (non-hydrogen) atoms. The first kappa shape index (κ1) is 15.1. The Labute approximate surface area is 116 Å². The van der Waals surface area contributed by atoms with Gasteiger partial charge in [-0.15, -0.1) is 0 Å². The Morgan fingerprint density at radius 2 is 2.10 bits per heavy atom. The maximum Gasteiger partial charge on any atom is 0.421 e. The number of likely N-dealkylation sites (tertiary alicyclic amines) is 1. The van der Waals surface area contributed by atoms with E-state index in [0.717, 1.165) is 25.6 Å². The average Bonchev–Trinajstić information content (AvgIpc) is 2.79. The highest BCUT2D eigenvalue weighted by atomic mass is 19.4. The fourth-order valence-electron chi connectivity index (χ4n) is 2.66. The molecule has 6 heteroatoms. The third-order valence-corrected chi connectivity index (χ3v) is 3.83. The topological polar surface area (TPSA) is 25.2 Å². The number of rotatable bonds is 3. The third-order valence-electron chi connectivity index (χ3n) is 3.83.